The molecule has 0 aromatic heterocycles. The lowest BCUT2D eigenvalue weighted by atomic mass is 10.0. The molecular formula is C16H24O3. The van der Waals surface area contributed by atoms with Gasteiger partial charge < -0.3 is 9.47 Å². The summed E-state index contributed by atoms with van der Waals surface area (Å²) in [5, 5.41) is 0. The number of para-hydroxylation sites is 1. The predicted octanol–water partition coefficient (Wildman–Crippen LogP) is 3.99. The van der Waals surface area contributed by atoms with E-state index in [2.05, 4.69) is 13.8 Å². The van der Waals surface area contributed by atoms with Gasteiger partial charge in [0.25, 0.3) is 0 Å². The Morgan fingerprint density at radius 3 is 2.58 bits per heavy atom. The lowest BCUT2D eigenvalue weighted by Crippen LogP contribution is -2.10. The smallest absolute Gasteiger partial charge is 0.341 e. The Kier molecular flexibility index (Phi) is 7.01. The number of carbonyl (C=O) groups excluding carboxylic acids is 1. The maximum absolute atomic E-state index is 12.0. The minimum atomic E-state index is -0.299. The number of hydrogen-bond acceptors (Lipinski definition) is 3. The number of benzene rings is 1. The van der Waals surface area contributed by atoms with Gasteiger partial charge in [0.2, 0.25) is 0 Å². The van der Waals surface area contributed by atoms with Gasteiger partial charge in [0, 0.05) is 0 Å². The number of unbranched alkanes of at least 4 members (excludes halogenated alkanes) is 1. The molecule has 106 valence electrons. The minimum Gasteiger partial charge on any atom is -0.492 e. The van der Waals surface area contributed by atoms with Gasteiger partial charge in [0.1, 0.15) is 11.3 Å². The first-order chi connectivity index (χ1) is 9.24. The van der Waals surface area contributed by atoms with E-state index in [9.17, 15) is 4.79 Å². The summed E-state index contributed by atoms with van der Waals surface area (Å²) >= 11 is 0. The van der Waals surface area contributed by atoms with E-state index < -0.39 is 0 Å². The Morgan fingerprint density at radius 2 is 1.95 bits per heavy atom. The van der Waals surface area contributed by atoms with Gasteiger partial charge in [-0.2, -0.15) is 0 Å². The zero-order chi connectivity index (χ0) is 14.1. The highest BCUT2D eigenvalue weighted by Crippen LogP contribution is 2.26. The van der Waals surface area contributed by atoms with Crippen LogP contribution in [0.25, 0.3) is 0 Å². The highest BCUT2D eigenvalue weighted by Gasteiger charge is 2.16. The Morgan fingerprint density at radius 1 is 1.16 bits per heavy atom. The zero-order valence-corrected chi connectivity index (χ0v) is 12.2. The van der Waals surface area contributed by atoms with Gasteiger partial charge in [-0.05, 0) is 31.4 Å². The van der Waals surface area contributed by atoms with Crippen molar-refractivity contribution in [3.63, 3.8) is 0 Å². The second-order valence-corrected chi connectivity index (χ2v) is 4.47. The van der Waals surface area contributed by atoms with Crippen molar-refractivity contribution in [2.45, 2.75) is 46.5 Å². The van der Waals surface area contributed by atoms with Crippen molar-refractivity contribution < 1.29 is 14.3 Å². The van der Waals surface area contributed by atoms with Crippen LogP contribution < -0.4 is 4.74 Å². The van der Waals surface area contributed by atoms with Crippen LogP contribution in [0.1, 0.15) is 56.0 Å². The van der Waals surface area contributed by atoms with Crippen LogP contribution in [-0.4, -0.2) is 19.2 Å². The van der Waals surface area contributed by atoms with Crippen molar-refractivity contribution in [3.05, 3.63) is 29.3 Å². The third-order valence-electron chi connectivity index (χ3n) is 2.86. The van der Waals surface area contributed by atoms with Crippen molar-refractivity contribution in [3.8, 4) is 5.75 Å². The number of ether oxygens (including phenoxy) is 2. The fourth-order valence-electron chi connectivity index (χ4n) is 1.91. The highest BCUT2D eigenvalue weighted by molar-refractivity contribution is 5.93. The van der Waals surface area contributed by atoms with Gasteiger partial charge in [-0.15, -0.1) is 0 Å². The van der Waals surface area contributed by atoms with E-state index in [1.54, 1.807) is 6.07 Å². The Bertz CT molecular complexity index is 399. The standard InChI is InChI=1S/C16H24O3/c1-4-7-12-19-15-13(9-5-2)10-8-11-14(15)16(17)18-6-3/h8,10-11H,4-7,9,12H2,1-3H3. The van der Waals surface area contributed by atoms with E-state index in [-0.39, 0.29) is 5.97 Å². The molecule has 0 fully saturated rings. The lowest BCUT2D eigenvalue weighted by molar-refractivity contribution is 0.0521. The molecule has 0 amide bonds. The molecular weight excluding hydrogens is 240 g/mol. The van der Waals surface area contributed by atoms with Crippen LogP contribution in [0, 0.1) is 0 Å². The first-order valence-electron chi connectivity index (χ1n) is 7.16. The molecule has 1 aromatic carbocycles. The molecule has 0 unspecified atom stereocenters. The molecule has 0 aliphatic rings. The van der Waals surface area contributed by atoms with Crippen LogP contribution in [0.4, 0.5) is 0 Å². The number of carbonyl (C=O) groups is 1. The Hall–Kier alpha value is -1.51. The third kappa shape index (κ3) is 4.58. The van der Waals surface area contributed by atoms with Crippen LogP contribution in [0.3, 0.4) is 0 Å². The van der Waals surface area contributed by atoms with Gasteiger partial charge in [0.15, 0.2) is 0 Å². The zero-order valence-electron chi connectivity index (χ0n) is 12.2. The fraction of sp³-hybridized carbons (Fsp3) is 0.562. The summed E-state index contributed by atoms with van der Waals surface area (Å²) in [5.41, 5.74) is 1.63. The van der Waals surface area contributed by atoms with Crippen molar-refractivity contribution in [1.29, 1.82) is 0 Å². The van der Waals surface area contributed by atoms with Gasteiger partial charge in [-0.3, -0.25) is 0 Å². The van der Waals surface area contributed by atoms with E-state index >= 15 is 0 Å². The minimum absolute atomic E-state index is 0.299. The normalized spacial score (nSPS) is 10.3. The quantitative estimate of drug-likeness (QED) is 0.526. The number of esters is 1. The summed E-state index contributed by atoms with van der Waals surface area (Å²) in [4.78, 5) is 12.0. The van der Waals surface area contributed by atoms with Crippen LogP contribution in [0.2, 0.25) is 0 Å². The molecule has 3 heteroatoms. The van der Waals surface area contributed by atoms with E-state index in [4.69, 9.17) is 9.47 Å². The summed E-state index contributed by atoms with van der Waals surface area (Å²) in [6, 6.07) is 5.69. The van der Waals surface area contributed by atoms with Crippen LogP contribution in [0.5, 0.6) is 5.75 Å². The summed E-state index contributed by atoms with van der Waals surface area (Å²) in [6.07, 6.45) is 4.00. The van der Waals surface area contributed by atoms with Crippen LogP contribution >= 0.6 is 0 Å². The highest BCUT2D eigenvalue weighted by atomic mass is 16.5. The average molecular weight is 264 g/mol. The third-order valence-corrected chi connectivity index (χ3v) is 2.86. The molecule has 0 radical (unpaired) electrons. The van der Waals surface area contributed by atoms with E-state index in [1.807, 2.05) is 19.1 Å². The van der Waals surface area contributed by atoms with Crippen molar-refractivity contribution >= 4 is 5.97 Å². The molecule has 1 rings (SSSR count). The molecule has 0 atom stereocenters. The van der Waals surface area contributed by atoms with Gasteiger partial charge in [0.05, 0.1) is 13.2 Å². The molecule has 0 heterocycles. The number of rotatable bonds is 8. The van der Waals surface area contributed by atoms with E-state index in [1.165, 1.54) is 0 Å². The maximum Gasteiger partial charge on any atom is 0.341 e. The van der Waals surface area contributed by atoms with Gasteiger partial charge >= 0.3 is 5.97 Å². The maximum atomic E-state index is 12.0. The van der Waals surface area contributed by atoms with Crippen molar-refractivity contribution in [1.82, 2.24) is 0 Å². The first kappa shape index (κ1) is 15.5. The molecule has 0 saturated carbocycles. The summed E-state index contributed by atoms with van der Waals surface area (Å²) in [7, 11) is 0. The molecule has 0 aliphatic carbocycles. The molecule has 3 nitrogen and oxygen atoms in total. The summed E-state index contributed by atoms with van der Waals surface area (Å²) < 4.78 is 10.9. The molecule has 0 spiro atoms. The largest absolute Gasteiger partial charge is 0.492 e. The predicted molar refractivity (Wildman–Crippen MR) is 76.8 cm³/mol. The second kappa shape index (κ2) is 8.57. The van der Waals surface area contributed by atoms with E-state index in [0.29, 0.717) is 24.5 Å². The van der Waals surface area contributed by atoms with Crippen LogP contribution in [-0.2, 0) is 11.2 Å². The molecule has 1 aromatic rings. The summed E-state index contributed by atoms with van der Waals surface area (Å²) in [6.45, 7) is 7.07. The molecule has 19 heavy (non-hydrogen) atoms. The van der Waals surface area contributed by atoms with Crippen LogP contribution in [0.15, 0.2) is 18.2 Å². The molecule has 0 aliphatic heterocycles. The van der Waals surface area contributed by atoms with Crippen molar-refractivity contribution in [2.75, 3.05) is 13.2 Å². The second-order valence-electron chi connectivity index (χ2n) is 4.47. The topological polar surface area (TPSA) is 35.5 Å². The average Bonchev–Trinajstić information content (AvgIpc) is 2.41. The first-order valence-corrected chi connectivity index (χ1v) is 7.16. The molecule has 0 saturated heterocycles. The van der Waals surface area contributed by atoms with Crippen molar-refractivity contribution in [2.24, 2.45) is 0 Å². The SMILES string of the molecule is CCCCOc1c(CCC)cccc1C(=O)OCC. The molecule has 0 bridgehead atoms. The number of hydrogen-bond donors (Lipinski definition) is 0. The molecule has 0 N–H and O–H groups in total. The van der Waals surface area contributed by atoms with Gasteiger partial charge in [-0.25, -0.2) is 4.79 Å². The van der Waals surface area contributed by atoms with Gasteiger partial charge in [-0.1, -0.05) is 38.8 Å². The van der Waals surface area contributed by atoms with E-state index in [0.717, 1.165) is 31.2 Å². The Labute approximate surface area is 115 Å². The monoisotopic (exact) mass is 264 g/mol. The number of aryl methyl sites for hydroxylation is 1. The lowest BCUT2D eigenvalue weighted by Gasteiger charge is -2.14. The Balaban J connectivity index is 2.99. The summed E-state index contributed by atoms with van der Waals surface area (Å²) in [5.74, 6) is 0.406. The fourth-order valence-corrected chi connectivity index (χ4v) is 1.91.